The quantitative estimate of drug-likeness (QED) is 0.602. The van der Waals surface area contributed by atoms with E-state index in [1.54, 1.807) is 30.3 Å². The van der Waals surface area contributed by atoms with E-state index in [1.165, 1.54) is 12.1 Å². The van der Waals surface area contributed by atoms with Gasteiger partial charge in [-0.25, -0.2) is 4.39 Å². The average Bonchev–Trinajstić information content (AvgIpc) is 2.33. The highest BCUT2D eigenvalue weighted by molar-refractivity contribution is 5.39. The molecule has 0 saturated carbocycles. The van der Waals surface area contributed by atoms with Gasteiger partial charge in [-0.3, -0.25) is 10.1 Å². The van der Waals surface area contributed by atoms with Gasteiger partial charge in [0.05, 0.1) is 11.0 Å². The molecule has 0 unspecified atom stereocenters. The molecule has 0 fully saturated rings. The van der Waals surface area contributed by atoms with Crippen LogP contribution in [-0.2, 0) is 0 Å². The van der Waals surface area contributed by atoms with Crippen molar-refractivity contribution in [2.24, 2.45) is 0 Å². The van der Waals surface area contributed by atoms with Crippen molar-refractivity contribution in [2.75, 3.05) is 0 Å². The van der Waals surface area contributed by atoms with E-state index in [9.17, 15) is 14.5 Å². The minimum absolute atomic E-state index is 0.0400. The fraction of sp³-hybridized carbons (Fsp3) is 0. The van der Waals surface area contributed by atoms with Crippen LogP contribution in [0.5, 0.6) is 11.5 Å². The van der Waals surface area contributed by atoms with Gasteiger partial charge in [0.15, 0.2) is 11.6 Å². The van der Waals surface area contributed by atoms with Gasteiger partial charge in [0.1, 0.15) is 5.75 Å². The van der Waals surface area contributed by atoms with E-state index in [0.29, 0.717) is 5.75 Å². The smallest absolute Gasteiger partial charge is 0.272 e. The third-order valence-corrected chi connectivity index (χ3v) is 2.10. The summed E-state index contributed by atoms with van der Waals surface area (Å²) in [6, 6.07) is 11.9. The minimum Gasteiger partial charge on any atom is -0.454 e. The molecule has 0 aliphatic rings. The second-order valence-electron chi connectivity index (χ2n) is 3.29. The molecule has 0 bridgehead atoms. The first kappa shape index (κ1) is 11.1. The fourth-order valence-corrected chi connectivity index (χ4v) is 1.30. The molecule has 86 valence electrons. The van der Waals surface area contributed by atoms with Crippen molar-refractivity contribution in [1.29, 1.82) is 0 Å². The van der Waals surface area contributed by atoms with Crippen LogP contribution in [0.3, 0.4) is 0 Å². The predicted octanol–water partition coefficient (Wildman–Crippen LogP) is 3.53. The largest absolute Gasteiger partial charge is 0.454 e. The summed E-state index contributed by atoms with van der Waals surface area (Å²) >= 11 is 0. The zero-order valence-electron chi connectivity index (χ0n) is 8.67. The summed E-state index contributed by atoms with van der Waals surface area (Å²) in [5, 5.41) is 10.4. The Morgan fingerprint density at radius 1 is 1.12 bits per heavy atom. The van der Waals surface area contributed by atoms with Gasteiger partial charge in [-0.1, -0.05) is 18.2 Å². The lowest BCUT2D eigenvalue weighted by atomic mass is 10.3. The van der Waals surface area contributed by atoms with Crippen molar-refractivity contribution in [3.8, 4) is 11.5 Å². The van der Waals surface area contributed by atoms with Gasteiger partial charge >= 0.3 is 0 Å². The molecule has 0 amide bonds. The van der Waals surface area contributed by atoms with Crippen LogP contribution >= 0.6 is 0 Å². The van der Waals surface area contributed by atoms with Gasteiger partial charge in [-0.05, 0) is 18.2 Å². The van der Waals surface area contributed by atoms with Crippen LogP contribution in [0.2, 0.25) is 0 Å². The molecule has 2 aromatic rings. The Morgan fingerprint density at radius 3 is 2.41 bits per heavy atom. The van der Waals surface area contributed by atoms with Gasteiger partial charge in [0, 0.05) is 6.07 Å². The summed E-state index contributed by atoms with van der Waals surface area (Å²) < 4.78 is 18.7. The molecule has 0 aromatic heterocycles. The minimum atomic E-state index is -0.761. The van der Waals surface area contributed by atoms with Crippen LogP contribution < -0.4 is 4.74 Å². The Kier molecular flexibility index (Phi) is 3.00. The SMILES string of the molecule is O=[N+]([O-])c1ccc(Oc2ccccc2)c(F)c1. The Balaban J connectivity index is 2.26. The van der Waals surface area contributed by atoms with Crippen LogP contribution in [0.4, 0.5) is 10.1 Å². The highest BCUT2D eigenvalue weighted by Gasteiger charge is 2.11. The van der Waals surface area contributed by atoms with Crippen molar-refractivity contribution in [3.63, 3.8) is 0 Å². The number of non-ortho nitro benzene ring substituents is 1. The van der Waals surface area contributed by atoms with Crippen molar-refractivity contribution in [2.45, 2.75) is 0 Å². The van der Waals surface area contributed by atoms with Gasteiger partial charge in [-0.15, -0.1) is 0 Å². The average molecular weight is 233 g/mol. The molecular formula is C12H8FNO3. The van der Waals surface area contributed by atoms with E-state index in [2.05, 4.69) is 0 Å². The number of nitro benzene ring substituents is 1. The van der Waals surface area contributed by atoms with Gasteiger partial charge < -0.3 is 4.74 Å². The van der Waals surface area contributed by atoms with Crippen LogP contribution in [0.15, 0.2) is 48.5 Å². The molecular weight excluding hydrogens is 225 g/mol. The van der Waals surface area contributed by atoms with E-state index < -0.39 is 10.7 Å². The number of ether oxygens (including phenoxy) is 1. The molecule has 0 heterocycles. The maximum absolute atomic E-state index is 13.5. The Morgan fingerprint density at radius 2 is 1.82 bits per heavy atom. The summed E-state index contributed by atoms with van der Waals surface area (Å²) in [5.41, 5.74) is -0.303. The van der Waals surface area contributed by atoms with Crippen molar-refractivity contribution >= 4 is 5.69 Å². The number of nitrogens with zero attached hydrogens (tertiary/aromatic N) is 1. The number of hydrogen-bond acceptors (Lipinski definition) is 3. The van der Waals surface area contributed by atoms with E-state index in [1.807, 2.05) is 0 Å². The van der Waals surface area contributed by atoms with E-state index >= 15 is 0 Å². The predicted molar refractivity (Wildman–Crippen MR) is 59.6 cm³/mol. The summed E-state index contributed by atoms with van der Waals surface area (Å²) in [5.74, 6) is -0.329. The second kappa shape index (κ2) is 4.61. The van der Waals surface area contributed by atoms with Crippen LogP contribution in [0.1, 0.15) is 0 Å². The molecule has 17 heavy (non-hydrogen) atoms. The second-order valence-corrected chi connectivity index (χ2v) is 3.29. The van der Waals surface area contributed by atoms with Gasteiger partial charge in [0.25, 0.3) is 5.69 Å². The monoisotopic (exact) mass is 233 g/mol. The molecule has 0 radical (unpaired) electrons. The summed E-state index contributed by atoms with van der Waals surface area (Å²) in [6.45, 7) is 0. The molecule has 0 aliphatic heterocycles. The molecule has 5 heteroatoms. The Hall–Kier alpha value is -2.43. The highest BCUT2D eigenvalue weighted by Crippen LogP contribution is 2.27. The van der Waals surface area contributed by atoms with Crippen LogP contribution in [0, 0.1) is 15.9 Å². The Bertz CT molecular complexity index is 543. The topological polar surface area (TPSA) is 52.4 Å². The third-order valence-electron chi connectivity index (χ3n) is 2.10. The van der Waals surface area contributed by atoms with Crippen molar-refractivity contribution in [1.82, 2.24) is 0 Å². The molecule has 2 aromatic carbocycles. The summed E-state index contributed by atoms with van der Waals surface area (Å²) in [4.78, 5) is 9.76. The summed E-state index contributed by atoms with van der Waals surface area (Å²) in [7, 11) is 0. The number of hydrogen-bond donors (Lipinski definition) is 0. The van der Waals surface area contributed by atoms with Crippen molar-refractivity contribution in [3.05, 3.63) is 64.5 Å². The molecule has 0 spiro atoms. The van der Waals surface area contributed by atoms with E-state index in [0.717, 1.165) is 6.07 Å². The summed E-state index contributed by atoms with van der Waals surface area (Å²) in [6.07, 6.45) is 0. The van der Waals surface area contributed by atoms with Crippen LogP contribution in [0.25, 0.3) is 0 Å². The number of rotatable bonds is 3. The first-order valence-corrected chi connectivity index (χ1v) is 4.83. The molecule has 0 saturated heterocycles. The van der Waals surface area contributed by atoms with Gasteiger partial charge in [-0.2, -0.15) is 0 Å². The first-order valence-electron chi connectivity index (χ1n) is 4.83. The Labute approximate surface area is 96.4 Å². The highest BCUT2D eigenvalue weighted by atomic mass is 19.1. The number of para-hydroxylation sites is 1. The zero-order chi connectivity index (χ0) is 12.3. The molecule has 4 nitrogen and oxygen atoms in total. The van der Waals surface area contributed by atoms with Crippen molar-refractivity contribution < 1.29 is 14.1 Å². The normalized spacial score (nSPS) is 9.94. The standard InChI is InChI=1S/C12H8FNO3/c13-11-8-9(14(15)16)6-7-12(11)17-10-4-2-1-3-5-10/h1-8H. The lowest BCUT2D eigenvalue weighted by Crippen LogP contribution is -1.92. The van der Waals surface area contributed by atoms with E-state index in [-0.39, 0.29) is 11.4 Å². The lowest BCUT2D eigenvalue weighted by Gasteiger charge is -2.05. The first-order chi connectivity index (χ1) is 8.16. The number of benzene rings is 2. The maximum atomic E-state index is 13.5. The molecule has 2 rings (SSSR count). The molecule has 0 N–H and O–H groups in total. The fourth-order valence-electron chi connectivity index (χ4n) is 1.30. The molecule has 0 aliphatic carbocycles. The molecule has 0 atom stereocenters. The van der Waals surface area contributed by atoms with E-state index in [4.69, 9.17) is 4.74 Å². The lowest BCUT2D eigenvalue weighted by molar-refractivity contribution is -0.385. The number of halogens is 1. The van der Waals surface area contributed by atoms with Crippen LogP contribution in [-0.4, -0.2) is 4.92 Å². The maximum Gasteiger partial charge on any atom is 0.272 e. The zero-order valence-corrected chi connectivity index (χ0v) is 8.67. The number of nitro groups is 1. The third kappa shape index (κ3) is 2.57. The van der Waals surface area contributed by atoms with Gasteiger partial charge in [0.2, 0.25) is 0 Å².